The zero-order valence-electron chi connectivity index (χ0n) is 21.2. The van der Waals surface area contributed by atoms with Gasteiger partial charge in [-0.3, -0.25) is 14.3 Å². The van der Waals surface area contributed by atoms with Gasteiger partial charge < -0.3 is 19.5 Å². The number of amides is 2. The van der Waals surface area contributed by atoms with Crippen molar-refractivity contribution in [3.8, 4) is 0 Å². The maximum absolute atomic E-state index is 13.3. The molecule has 36 heavy (non-hydrogen) atoms. The van der Waals surface area contributed by atoms with Crippen LogP contribution in [0.15, 0.2) is 48.8 Å². The second kappa shape index (κ2) is 10.1. The van der Waals surface area contributed by atoms with E-state index in [-0.39, 0.29) is 11.8 Å². The SMILES string of the molecule is COCCNC(=O)c1cc2cn(CC3CCN(C(=O)c4cn(C)c5ccccc45)CC3)nc2cc1C. The van der Waals surface area contributed by atoms with Gasteiger partial charge in [-0.15, -0.1) is 0 Å². The Hall–Kier alpha value is -3.65. The Kier molecular flexibility index (Phi) is 6.78. The lowest BCUT2D eigenvalue weighted by atomic mass is 9.96. The number of hydrogen-bond acceptors (Lipinski definition) is 4. The third kappa shape index (κ3) is 4.73. The number of para-hydroxylation sites is 1. The van der Waals surface area contributed by atoms with Crippen LogP contribution in [0, 0.1) is 12.8 Å². The van der Waals surface area contributed by atoms with Crippen LogP contribution in [0.4, 0.5) is 0 Å². The smallest absolute Gasteiger partial charge is 0.256 e. The molecule has 0 unspecified atom stereocenters. The normalized spacial score (nSPS) is 14.6. The summed E-state index contributed by atoms with van der Waals surface area (Å²) in [5, 5.41) is 9.62. The number of benzene rings is 2. The van der Waals surface area contributed by atoms with Gasteiger partial charge in [0.05, 0.1) is 17.7 Å². The molecule has 188 valence electrons. The van der Waals surface area contributed by atoms with E-state index in [1.807, 2.05) is 76.9 Å². The largest absolute Gasteiger partial charge is 0.383 e. The molecular weight excluding hydrogens is 454 g/mol. The van der Waals surface area contributed by atoms with Gasteiger partial charge in [-0.2, -0.15) is 5.10 Å². The van der Waals surface area contributed by atoms with E-state index in [1.165, 1.54) is 0 Å². The first-order valence-corrected chi connectivity index (χ1v) is 12.5. The number of piperidine rings is 1. The molecule has 8 heteroatoms. The standard InChI is InChI=1S/C28H33N5O3/c1-19-14-25-21(15-23(19)27(34)29-10-13-36-3)17-33(30-25)16-20-8-11-32(12-9-20)28(35)24-18-31(2)26-7-5-4-6-22(24)26/h4-7,14-15,17-18,20H,8-13,16H2,1-3H3,(H,29,34). The molecule has 1 fully saturated rings. The summed E-state index contributed by atoms with van der Waals surface area (Å²) in [6, 6.07) is 11.9. The minimum absolute atomic E-state index is 0.0950. The van der Waals surface area contributed by atoms with Gasteiger partial charge in [0.15, 0.2) is 0 Å². The van der Waals surface area contributed by atoms with Crippen molar-refractivity contribution < 1.29 is 14.3 Å². The molecule has 2 aromatic heterocycles. The molecule has 0 atom stereocenters. The predicted octanol–water partition coefficient (Wildman–Crippen LogP) is 3.77. The number of carbonyl (C=O) groups excluding carboxylic acids is 2. The zero-order chi connectivity index (χ0) is 25.2. The quantitative estimate of drug-likeness (QED) is 0.403. The lowest BCUT2D eigenvalue weighted by Gasteiger charge is -2.32. The van der Waals surface area contributed by atoms with Crippen molar-refractivity contribution in [2.75, 3.05) is 33.4 Å². The Morgan fingerprint density at radius 3 is 2.67 bits per heavy atom. The molecule has 1 N–H and O–H groups in total. The number of aromatic nitrogens is 3. The fraction of sp³-hybridized carbons (Fsp3) is 0.393. The monoisotopic (exact) mass is 487 g/mol. The highest BCUT2D eigenvalue weighted by Gasteiger charge is 2.26. The Morgan fingerprint density at radius 1 is 1.11 bits per heavy atom. The van der Waals surface area contributed by atoms with Crippen molar-refractivity contribution in [2.24, 2.45) is 13.0 Å². The molecule has 1 aliphatic heterocycles. The Morgan fingerprint density at radius 2 is 1.89 bits per heavy atom. The molecule has 1 aliphatic rings. The molecule has 2 amide bonds. The molecule has 1 saturated heterocycles. The first-order chi connectivity index (χ1) is 17.4. The molecule has 8 nitrogen and oxygen atoms in total. The molecule has 0 spiro atoms. The highest BCUT2D eigenvalue weighted by Crippen LogP contribution is 2.26. The Labute approximate surface area is 210 Å². The van der Waals surface area contributed by atoms with Crippen molar-refractivity contribution in [1.29, 1.82) is 0 Å². The van der Waals surface area contributed by atoms with Crippen LogP contribution >= 0.6 is 0 Å². The maximum Gasteiger partial charge on any atom is 0.256 e. The van der Waals surface area contributed by atoms with Crippen LogP contribution in [0.25, 0.3) is 21.8 Å². The van der Waals surface area contributed by atoms with E-state index in [2.05, 4.69) is 5.32 Å². The Balaban J connectivity index is 1.22. The average molecular weight is 488 g/mol. The summed E-state index contributed by atoms with van der Waals surface area (Å²) in [7, 11) is 3.60. The van der Waals surface area contributed by atoms with E-state index in [9.17, 15) is 9.59 Å². The van der Waals surface area contributed by atoms with E-state index in [0.29, 0.717) is 24.6 Å². The van der Waals surface area contributed by atoms with Crippen molar-refractivity contribution in [3.05, 3.63) is 65.5 Å². The van der Waals surface area contributed by atoms with Crippen LogP contribution in [0.3, 0.4) is 0 Å². The minimum atomic E-state index is -0.0950. The fourth-order valence-electron chi connectivity index (χ4n) is 5.19. The van der Waals surface area contributed by atoms with Crippen molar-refractivity contribution >= 4 is 33.6 Å². The van der Waals surface area contributed by atoms with Crippen molar-refractivity contribution in [1.82, 2.24) is 24.6 Å². The van der Waals surface area contributed by atoms with E-state index < -0.39 is 0 Å². The molecule has 4 aromatic rings. The third-order valence-corrected chi connectivity index (χ3v) is 7.21. The first kappa shape index (κ1) is 24.1. The topological polar surface area (TPSA) is 81.4 Å². The van der Waals surface area contributed by atoms with E-state index in [4.69, 9.17) is 9.84 Å². The lowest BCUT2D eigenvalue weighted by Crippen LogP contribution is -2.39. The van der Waals surface area contributed by atoms with Gasteiger partial charge in [0.25, 0.3) is 11.8 Å². The number of nitrogens with zero attached hydrogens (tertiary/aromatic N) is 4. The summed E-state index contributed by atoms with van der Waals surface area (Å²) in [6.07, 6.45) is 5.86. The van der Waals surface area contributed by atoms with E-state index in [1.54, 1.807) is 7.11 Å². The first-order valence-electron chi connectivity index (χ1n) is 12.5. The number of aryl methyl sites for hydroxylation is 2. The predicted molar refractivity (Wildman–Crippen MR) is 140 cm³/mol. The molecule has 0 aliphatic carbocycles. The fourth-order valence-corrected chi connectivity index (χ4v) is 5.19. The van der Waals surface area contributed by atoms with Crippen molar-refractivity contribution in [3.63, 3.8) is 0 Å². The number of nitrogens with one attached hydrogen (secondary N) is 1. The van der Waals surface area contributed by atoms with Crippen LogP contribution < -0.4 is 5.32 Å². The summed E-state index contributed by atoms with van der Waals surface area (Å²) in [6.45, 7) is 5.20. The maximum atomic E-state index is 13.3. The van der Waals surface area contributed by atoms with Gasteiger partial charge in [-0.1, -0.05) is 18.2 Å². The third-order valence-electron chi connectivity index (χ3n) is 7.21. The van der Waals surface area contributed by atoms with Crippen LogP contribution in [0.2, 0.25) is 0 Å². The average Bonchev–Trinajstić information content (AvgIpc) is 3.43. The molecule has 5 rings (SSSR count). The zero-order valence-corrected chi connectivity index (χ0v) is 21.2. The highest BCUT2D eigenvalue weighted by molar-refractivity contribution is 6.07. The molecule has 0 bridgehead atoms. The minimum Gasteiger partial charge on any atom is -0.383 e. The van der Waals surface area contributed by atoms with E-state index >= 15 is 0 Å². The van der Waals surface area contributed by atoms with Gasteiger partial charge in [-0.25, -0.2) is 0 Å². The summed E-state index contributed by atoms with van der Waals surface area (Å²) in [5.74, 6) is 0.470. The number of carbonyl (C=O) groups is 2. The number of rotatable bonds is 7. The number of hydrogen-bond donors (Lipinski definition) is 1. The van der Waals surface area contributed by atoms with Crippen LogP contribution in [0.5, 0.6) is 0 Å². The number of likely N-dealkylation sites (tertiary alicyclic amines) is 1. The van der Waals surface area contributed by atoms with Gasteiger partial charge in [0.1, 0.15) is 0 Å². The highest BCUT2D eigenvalue weighted by atomic mass is 16.5. The lowest BCUT2D eigenvalue weighted by molar-refractivity contribution is 0.0683. The summed E-state index contributed by atoms with van der Waals surface area (Å²) in [5.41, 5.74) is 4.32. The van der Waals surface area contributed by atoms with Gasteiger partial charge in [-0.05, 0) is 49.4 Å². The Bertz CT molecular complexity index is 1410. The van der Waals surface area contributed by atoms with Crippen LogP contribution in [-0.4, -0.2) is 64.4 Å². The summed E-state index contributed by atoms with van der Waals surface area (Å²) < 4.78 is 9.03. The number of ether oxygens (including phenoxy) is 1. The molecular formula is C28H33N5O3. The van der Waals surface area contributed by atoms with Crippen LogP contribution in [0.1, 0.15) is 39.1 Å². The second-order valence-electron chi connectivity index (χ2n) is 9.73. The van der Waals surface area contributed by atoms with Gasteiger partial charge >= 0.3 is 0 Å². The van der Waals surface area contributed by atoms with E-state index in [0.717, 1.165) is 65.4 Å². The summed E-state index contributed by atoms with van der Waals surface area (Å²) >= 11 is 0. The van der Waals surface area contributed by atoms with Crippen LogP contribution in [-0.2, 0) is 18.3 Å². The second-order valence-corrected chi connectivity index (χ2v) is 9.73. The van der Waals surface area contributed by atoms with Gasteiger partial charge in [0.2, 0.25) is 0 Å². The molecule has 2 aromatic carbocycles. The summed E-state index contributed by atoms with van der Waals surface area (Å²) in [4.78, 5) is 27.8. The number of methoxy groups -OCH3 is 1. The molecule has 3 heterocycles. The molecule has 0 radical (unpaired) electrons. The van der Waals surface area contributed by atoms with Gasteiger partial charge in [0, 0.05) is 74.6 Å². The van der Waals surface area contributed by atoms with Crippen molar-refractivity contribution in [2.45, 2.75) is 26.3 Å². The number of fused-ring (bicyclic) bond motifs is 2. The molecule has 0 saturated carbocycles.